The lowest BCUT2D eigenvalue weighted by Crippen LogP contribution is -2.09. The highest BCUT2D eigenvalue weighted by molar-refractivity contribution is 5.78. The maximum Gasteiger partial charge on any atom is 0.208 e. The van der Waals surface area contributed by atoms with Gasteiger partial charge in [-0.3, -0.25) is 4.40 Å². The molecule has 4 aromatic rings. The van der Waals surface area contributed by atoms with Crippen LogP contribution in [-0.4, -0.2) is 21.0 Å². The fourth-order valence-corrected chi connectivity index (χ4v) is 3.77. The fourth-order valence-electron chi connectivity index (χ4n) is 3.77. The molecule has 0 fully saturated rings. The van der Waals surface area contributed by atoms with Crippen molar-refractivity contribution in [2.45, 2.75) is 19.9 Å². The van der Waals surface area contributed by atoms with Crippen molar-refractivity contribution in [3.05, 3.63) is 77.0 Å². The number of ether oxygens (including phenoxy) is 1. The Morgan fingerprint density at radius 1 is 1.23 bits per heavy atom. The standard InChI is InChI=1S/C23H18FN5O/c1-14-2-4-15(5-3-14)18-11-26-23(29-13-16(10-25)28-22(18)29)27-12-19-17-8-9-30-21(17)7-6-20(19)24/h2-7,11,13H,8-9,12H2,1H3,(H,26,27). The number of benzene rings is 2. The maximum absolute atomic E-state index is 14.5. The molecule has 0 unspecified atom stereocenters. The zero-order chi connectivity index (χ0) is 20.7. The molecule has 0 saturated carbocycles. The highest BCUT2D eigenvalue weighted by Crippen LogP contribution is 2.31. The number of hydrogen-bond acceptors (Lipinski definition) is 5. The molecule has 0 radical (unpaired) electrons. The van der Waals surface area contributed by atoms with E-state index in [1.165, 1.54) is 6.07 Å². The lowest BCUT2D eigenvalue weighted by Gasteiger charge is -2.13. The van der Waals surface area contributed by atoms with Crippen LogP contribution in [0.3, 0.4) is 0 Å². The molecular weight excluding hydrogens is 381 g/mol. The Hall–Kier alpha value is -3.92. The van der Waals surface area contributed by atoms with Crippen LogP contribution in [0.1, 0.15) is 22.4 Å². The lowest BCUT2D eigenvalue weighted by molar-refractivity contribution is 0.356. The summed E-state index contributed by atoms with van der Waals surface area (Å²) in [5.74, 6) is 0.948. The molecule has 0 aliphatic carbocycles. The van der Waals surface area contributed by atoms with Crippen molar-refractivity contribution in [2.24, 2.45) is 0 Å². The molecular formula is C23H18FN5O. The quantitative estimate of drug-likeness (QED) is 0.555. The van der Waals surface area contributed by atoms with Crippen molar-refractivity contribution in [3.8, 4) is 22.9 Å². The molecule has 0 spiro atoms. The Balaban J connectivity index is 1.54. The molecule has 0 saturated heterocycles. The Labute approximate surface area is 172 Å². The van der Waals surface area contributed by atoms with Crippen LogP contribution < -0.4 is 10.1 Å². The van der Waals surface area contributed by atoms with Gasteiger partial charge in [0.25, 0.3) is 0 Å². The van der Waals surface area contributed by atoms with E-state index < -0.39 is 0 Å². The van der Waals surface area contributed by atoms with Crippen molar-refractivity contribution >= 4 is 11.6 Å². The topological polar surface area (TPSA) is 75.2 Å². The fraction of sp³-hybridized carbons (Fsp3) is 0.174. The van der Waals surface area contributed by atoms with Gasteiger partial charge in [-0.15, -0.1) is 0 Å². The van der Waals surface area contributed by atoms with Gasteiger partial charge in [0.2, 0.25) is 5.95 Å². The third-order valence-corrected chi connectivity index (χ3v) is 5.33. The normalized spacial score (nSPS) is 12.4. The number of aryl methyl sites for hydroxylation is 1. The first kappa shape index (κ1) is 18.1. The largest absolute Gasteiger partial charge is 0.493 e. The number of aromatic nitrogens is 3. The number of imidazole rings is 1. The minimum absolute atomic E-state index is 0.254. The van der Waals surface area contributed by atoms with Gasteiger partial charge >= 0.3 is 0 Å². The van der Waals surface area contributed by atoms with E-state index in [1.807, 2.05) is 31.2 Å². The molecule has 3 heterocycles. The number of fused-ring (bicyclic) bond motifs is 2. The highest BCUT2D eigenvalue weighted by Gasteiger charge is 2.20. The Morgan fingerprint density at radius 3 is 2.87 bits per heavy atom. The Morgan fingerprint density at radius 2 is 2.07 bits per heavy atom. The molecule has 7 heteroatoms. The van der Waals surface area contributed by atoms with Crippen molar-refractivity contribution in [3.63, 3.8) is 0 Å². The average Bonchev–Trinajstić information content (AvgIpc) is 3.41. The van der Waals surface area contributed by atoms with Crippen LogP contribution in [0, 0.1) is 24.1 Å². The van der Waals surface area contributed by atoms with E-state index in [1.54, 1.807) is 22.9 Å². The summed E-state index contributed by atoms with van der Waals surface area (Å²) in [5.41, 5.74) is 5.31. The molecule has 0 amide bonds. The van der Waals surface area contributed by atoms with Gasteiger partial charge in [0, 0.05) is 35.9 Å². The molecule has 2 aromatic carbocycles. The van der Waals surface area contributed by atoms with Crippen LogP contribution in [-0.2, 0) is 13.0 Å². The van der Waals surface area contributed by atoms with Crippen molar-refractivity contribution in [1.82, 2.24) is 14.4 Å². The molecule has 0 bridgehead atoms. The molecule has 0 atom stereocenters. The first-order chi connectivity index (χ1) is 14.6. The minimum atomic E-state index is -0.275. The van der Waals surface area contributed by atoms with Gasteiger partial charge in [-0.25, -0.2) is 14.4 Å². The summed E-state index contributed by atoms with van der Waals surface area (Å²) in [5, 5.41) is 12.6. The maximum atomic E-state index is 14.5. The van der Waals surface area contributed by atoms with E-state index in [9.17, 15) is 9.65 Å². The van der Waals surface area contributed by atoms with Crippen molar-refractivity contribution < 1.29 is 9.13 Å². The predicted molar refractivity (Wildman–Crippen MR) is 111 cm³/mol. The number of nitrogens with one attached hydrogen (secondary N) is 1. The van der Waals surface area contributed by atoms with Crippen LogP contribution in [0.4, 0.5) is 10.3 Å². The van der Waals surface area contributed by atoms with Gasteiger partial charge in [-0.2, -0.15) is 5.26 Å². The van der Waals surface area contributed by atoms with Gasteiger partial charge in [-0.1, -0.05) is 29.8 Å². The summed E-state index contributed by atoms with van der Waals surface area (Å²) >= 11 is 0. The van der Waals surface area contributed by atoms with E-state index in [2.05, 4.69) is 21.4 Å². The number of hydrogen-bond donors (Lipinski definition) is 1. The minimum Gasteiger partial charge on any atom is -0.493 e. The second-order valence-electron chi connectivity index (χ2n) is 7.25. The van der Waals surface area contributed by atoms with Crippen LogP contribution in [0.2, 0.25) is 0 Å². The summed E-state index contributed by atoms with van der Waals surface area (Å²) < 4.78 is 21.7. The summed E-state index contributed by atoms with van der Waals surface area (Å²) in [7, 11) is 0. The first-order valence-electron chi connectivity index (χ1n) is 9.66. The Kier molecular flexibility index (Phi) is 4.32. The number of anilines is 1. The zero-order valence-electron chi connectivity index (χ0n) is 16.3. The van der Waals surface area contributed by atoms with Gasteiger partial charge in [-0.05, 0) is 24.6 Å². The third-order valence-electron chi connectivity index (χ3n) is 5.33. The lowest BCUT2D eigenvalue weighted by atomic mass is 10.0. The number of rotatable bonds is 4. The van der Waals surface area contributed by atoms with Crippen molar-refractivity contribution in [2.75, 3.05) is 11.9 Å². The van der Waals surface area contributed by atoms with E-state index in [0.29, 0.717) is 35.9 Å². The molecule has 5 rings (SSSR count). The van der Waals surface area contributed by atoms with Gasteiger partial charge < -0.3 is 10.1 Å². The van der Waals surface area contributed by atoms with E-state index in [0.717, 1.165) is 28.0 Å². The first-order valence-corrected chi connectivity index (χ1v) is 9.66. The second-order valence-corrected chi connectivity index (χ2v) is 7.25. The molecule has 1 aliphatic heterocycles. The van der Waals surface area contributed by atoms with Gasteiger partial charge in [0.05, 0.1) is 12.8 Å². The molecule has 30 heavy (non-hydrogen) atoms. The molecule has 1 N–H and O–H groups in total. The molecule has 2 aromatic heterocycles. The van der Waals surface area contributed by atoms with Crippen molar-refractivity contribution in [1.29, 1.82) is 5.26 Å². The summed E-state index contributed by atoms with van der Waals surface area (Å²) in [6.07, 6.45) is 4.05. The SMILES string of the molecule is Cc1ccc(-c2cnc(NCc3c(F)ccc4c3CCO4)n3cc(C#N)nc23)cc1. The van der Waals surface area contributed by atoms with Gasteiger partial charge in [0.15, 0.2) is 11.3 Å². The van der Waals surface area contributed by atoms with E-state index in [-0.39, 0.29) is 12.4 Å². The zero-order valence-corrected chi connectivity index (χ0v) is 16.3. The van der Waals surface area contributed by atoms with Crippen LogP contribution in [0.25, 0.3) is 16.8 Å². The van der Waals surface area contributed by atoms with E-state index in [4.69, 9.17) is 4.74 Å². The number of nitriles is 1. The molecule has 6 nitrogen and oxygen atoms in total. The smallest absolute Gasteiger partial charge is 0.208 e. The number of halogens is 1. The Bertz CT molecular complexity index is 1300. The van der Waals surface area contributed by atoms with Crippen LogP contribution >= 0.6 is 0 Å². The predicted octanol–water partition coefficient (Wildman–Crippen LogP) is 4.26. The molecule has 148 valence electrons. The van der Waals surface area contributed by atoms with E-state index >= 15 is 0 Å². The highest BCUT2D eigenvalue weighted by atomic mass is 19.1. The summed E-state index contributed by atoms with van der Waals surface area (Å²) in [4.78, 5) is 8.99. The summed E-state index contributed by atoms with van der Waals surface area (Å²) in [6, 6.07) is 13.2. The van der Waals surface area contributed by atoms with Crippen LogP contribution in [0.5, 0.6) is 5.75 Å². The monoisotopic (exact) mass is 399 g/mol. The number of nitrogens with zero attached hydrogens (tertiary/aromatic N) is 4. The third kappa shape index (κ3) is 3.03. The summed E-state index contributed by atoms with van der Waals surface area (Å²) in [6.45, 7) is 2.84. The molecule has 1 aliphatic rings. The second kappa shape index (κ2) is 7.16. The average molecular weight is 399 g/mol. The van der Waals surface area contributed by atoms with Crippen LogP contribution in [0.15, 0.2) is 48.8 Å². The van der Waals surface area contributed by atoms with Gasteiger partial charge in [0.1, 0.15) is 17.6 Å².